The Morgan fingerprint density at radius 1 is 0.732 bits per heavy atom. The first-order chi connectivity index (χ1) is 19.3. The van der Waals surface area contributed by atoms with E-state index in [1.807, 2.05) is 0 Å². The molecule has 1 amide bonds. The summed E-state index contributed by atoms with van der Waals surface area (Å²) in [6, 6.07) is 20.1. The molecule has 4 aromatic rings. The second-order valence-electron chi connectivity index (χ2n) is 8.41. The van der Waals surface area contributed by atoms with Crippen LogP contribution in [-0.2, 0) is 31.0 Å². The van der Waals surface area contributed by atoms with E-state index in [9.17, 15) is 34.8 Å². The monoisotopic (exact) mass is 604 g/mol. The van der Waals surface area contributed by atoms with Crippen molar-refractivity contribution in [1.82, 2.24) is 0 Å². The Hall–Kier alpha value is -4.49. The number of nitrogens with one attached hydrogen (secondary N) is 1. The second-order valence-corrected chi connectivity index (χ2v) is 12.2. The number of nitrogens with zero attached hydrogens (tertiary/aromatic N) is 1. The van der Waals surface area contributed by atoms with Crippen LogP contribution in [0.2, 0.25) is 0 Å². The van der Waals surface area contributed by atoms with Crippen molar-refractivity contribution >= 4 is 43.4 Å². The van der Waals surface area contributed by atoms with Crippen molar-refractivity contribution in [1.29, 1.82) is 0 Å². The summed E-state index contributed by atoms with van der Waals surface area (Å²) in [5, 5.41) is 2.29. The third-order valence-corrected chi connectivity index (χ3v) is 9.79. The Labute approximate surface area is 233 Å². The molecule has 0 aliphatic heterocycles. The Bertz CT molecular complexity index is 1740. The van der Waals surface area contributed by atoms with Gasteiger partial charge in [-0.05, 0) is 60.2 Å². The lowest BCUT2D eigenvalue weighted by molar-refractivity contribution is -0.137. The van der Waals surface area contributed by atoms with Crippen molar-refractivity contribution in [2.45, 2.75) is 16.0 Å². The van der Waals surface area contributed by atoms with Crippen LogP contribution in [0, 0.1) is 5.82 Å². The molecule has 1 N–H and O–H groups in total. The highest BCUT2D eigenvalue weighted by Gasteiger charge is 2.38. The number of anilines is 2. The largest absolute Gasteiger partial charge is 0.416 e. The van der Waals surface area contributed by atoms with E-state index in [1.54, 1.807) is 0 Å². The van der Waals surface area contributed by atoms with Gasteiger partial charge in [0.25, 0.3) is 20.0 Å². The predicted octanol–water partition coefficient (Wildman–Crippen LogP) is 6.08. The van der Waals surface area contributed by atoms with Crippen molar-refractivity contribution in [2.24, 2.45) is 0 Å². The molecule has 7 nitrogen and oxygen atoms in total. The van der Waals surface area contributed by atoms with Gasteiger partial charge in [-0.2, -0.15) is 16.9 Å². The molecular weight excluding hydrogens is 584 g/mol. The van der Waals surface area contributed by atoms with E-state index < -0.39 is 59.0 Å². The Morgan fingerprint density at radius 3 is 1.78 bits per heavy atom. The lowest BCUT2D eigenvalue weighted by Gasteiger charge is -2.25. The molecule has 0 saturated heterocycles. The van der Waals surface area contributed by atoms with Gasteiger partial charge < -0.3 is 5.32 Å². The van der Waals surface area contributed by atoms with E-state index in [-0.39, 0.29) is 15.0 Å². The van der Waals surface area contributed by atoms with Crippen LogP contribution in [-0.4, -0.2) is 22.7 Å². The van der Waals surface area contributed by atoms with Gasteiger partial charge in [0.05, 0.1) is 15.4 Å². The van der Waals surface area contributed by atoms with Gasteiger partial charge in [-0.1, -0.05) is 54.6 Å². The van der Waals surface area contributed by atoms with Crippen molar-refractivity contribution < 1.29 is 39.2 Å². The standard InChI is InChI=1S/C28H20F4N2O5S2/c29-25-17-16-21(33-27(35)18-15-20-9-7-8-14-24(20)28(30,31)32)19-26(25)34(40(36,37)22-10-3-1-4-11-22)41(38,39)23-12-5-2-6-13-23/h1-19H,(H,33,35)/b18-15+. The van der Waals surface area contributed by atoms with Gasteiger partial charge in [0, 0.05) is 11.8 Å². The zero-order chi connectivity index (χ0) is 29.8. The quantitative estimate of drug-likeness (QED) is 0.194. The number of benzene rings is 4. The van der Waals surface area contributed by atoms with Gasteiger partial charge in [-0.3, -0.25) is 4.79 Å². The first-order valence-corrected chi connectivity index (χ1v) is 14.6. The van der Waals surface area contributed by atoms with Crippen LogP contribution in [0.5, 0.6) is 0 Å². The van der Waals surface area contributed by atoms with Crippen LogP contribution >= 0.6 is 0 Å². The molecule has 0 radical (unpaired) electrons. The van der Waals surface area contributed by atoms with Gasteiger partial charge in [0.2, 0.25) is 5.91 Å². The summed E-state index contributed by atoms with van der Waals surface area (Å²) < 4.78 is 109. The molecule has 0 heterocycles. The molecule has 4 rings (SSSR count). The van der Waals surface area contributed by atoms with Gasteiger partial charge in [0.15, 0.2) is 0 Å². The first kappa shape index (κ1) is 29.5. The highest BCUT2D eigenvalue weighted by atomic mass is 32.3. The number of alkyl halides is 3. The van der Waals surface area contributed by atoms with E-state index in [1.165, 1.54) is 48.5 Å². The smallest absolute Gasteiger partial charge is 0.322 e. The second kappa shape index (κ2) is 11.6. The Balaban J connectivity index is 1.75. The molecule has 0 bridgehead atoms. The molecule has 0 aliphatic rings. The zero-order valence-corrected chi connectivity index (χ0v) is 22.4. The molecule has 0 fully saturated rings. The van der Waals surface area contributed by atoms with Gasteiger partial charge in [0.1, 0.15) is 11.5 Å². The van der Waals surface area contributed by atoms with Crippen LogP contribution < -0.4 is 9.03 Å². The van der Waals surface area contributed by atoms with Crippen LogP contribution in [0.15, 0.2) is 119 Å². The number of amides is 1. The van der Waals surface area contributed by atoms with Crippen molar-refractivity contribution in [3.8, 4) is 0 Å². The molecule has 0 aliphatic carbocycles. The number of halogens is 4. The number of carbonyl (C=O) groups is 1. The molecule has 0 spiro atoms. The predicted molar refractivity (Wildman–Crippen MR) is 145 cm³/mol. The lowest BCUT2D eigenvalue weighted by Crippen LogP contribution is -2.37. The number of carbonyl (C=O) groups excluding carboxylic acids is 1. The van der Waals surface area contributed by atoms with Crippen molar-refractivity contribution in [3.05, 3.63) is 126 Å². The molecule has 0 atom stereocenters. The number of hydrogen-bond donors (Lipinski definition) is 1. The van der Waals surface area contributed by atoms with Crippen LogP contribution in [0.3, 0.4) is 0 Å². The first-order valence-electron chi connectivity index (χ1n) is 11.7. The number of sulfonamides is 2. The van der Waals surface area contributed by atoms with Crippen LogP contribution in [0.1, 0.15) is 11.1 Å². The molecule has 13 heteroatoms. The lowest BCUT2D eigenvalue weighted by atomic mass is 10.1. The van der Waals surface area contributed by atoms with E-state index in [0.717, 1.165) is 66.7 Å². The fraction of sp³-hybridized carbons (Fsp3) is 0.0357. The molecule has 212 valence electrons. The third-order valence-electron chi connectivity index (χ3n) is 5.61. The van der Waals surface area contributed by atoms with Crippen molar-refractivity contribution in [3.63, 3.8) is 0 Å². The minimum Gasteiger partial charge on any atom is -0.322 e. The number of hydrogen-bond acceptors (Lipinski definition) is 5. The molecule has 4 aromatic carbocycles. The third kappa shape index (κ3) is 6.47. The fourth-order valence-electron chi connectivity index (χ4n) is 3.74. The average Bonchev–Trinajstić information content (AvgIpc) is 2.94. The number of rotatable bonds is 8. The molecule has 0 unspecified atom stereocenters. The van der Waals surface area contributed by atoms with Gasteiger partial charge in [-0.15, -0.1) is 0 Å². The Kier molecular flexibility index (Phi) is 8.31. The highest BCUT2D eigenvalue weighted by Crippen LogP contribution is 2.35. The Morgan fingerprint density at radius 2 is 1.24 bits per heavy atom. The molecule has 0 saturated carbocycles. The molecular formula is C28H20F4N2O5S2. The maximum absolute atomic E-state index is 15.2. The summed E-state index contributed by atoms with van der Waals surface area (Å²) in [4.78, 5) is 11.6. The van der Waals surface area contributed by atoms with E-state index in [2.05, 4.69) is 5.32 Å². The summed E-state index contributed by atoms with van der Waals surface area (Å²) in [6.45, 7) is 0. The topological polar surface area (TPSA) is 101 Å². The molecule has 41 heavy (non-hydrogen) atoms. The summed E-state index contributed by atoms with van der Waals surface area (Å²) in [5.41, 5.74) is -2.40. The van der Waals surface area contributed by atoms with Crippen LogP contribution in [0.25, 0.3) is 6.08 Å². The van der Waals surface area contributed by atoms with Gasteiger partial charge in [-0.25, -0.2) is 21.2 Å². The van der Waals surface area contributed by atoms with E-state index in [4.69, 9.17) is 0 Å². The molecule has 0 aromatic heterocycles. The minimum absolute atomic E-state index is 0.0644. The maximum atomic E-state index is 15.2. The summed E-state index contributed by atoms with van der Waals surface area (Å²) in [7, 11) is -9.84. The maximum Gasteiger partial charge on any atom is 0.416 e. The van der Waals surface area contributed by atoms with Crippen molar-refractivity contribution in [2.75, 3.05) is 9.03 Å². The average molecular weight is 605 g/mol. The normalized spacial score (nSPS) is 12.3. The fourth-order valence-corrected chi connectivity index (χ4v) is 7.48. The zero-order valence-electron chi connectivity index (χ0n) is 20.8. The summed E-state index contributed by atoms with van der Waals surface area (Å²) in [6.07, 6.45) is -2.94. The summed E-state index contributed by atoms with van der Waals surface area (Å²) >= 11 is 0. The van der Waals surface area contributed by atoms with E-state index in [0.29, 0.717) is 0 Å². The van der Waals surface area contributed by atoms with Gasteiger partial charge >= 0.3 is 6.18 Å². The summed E-state index contributed by atoms with van der Waals surface area (Å²) in [5.74, 6) is -2.18. The van der Waals surface area contributed by atoms with Crippen LogP contribution in [0.4, 0.5) is 28.9 Å². The SMILES string of the molecule is O=C(/C=C/c1ccccc1C(F)(F)F)Nc1ccc(F)c(N(S(=O)(=O)c2ccccc2)S(=O)(=O)c2ccccc2)c1. The minimum atomic E-state index is -4.92. The van der Waals surface area contributed by atoms with E-state index >= 15 is 4.39 Å². The highest BCUT2D eigenvalue weighted by molar-refractivity contribution is 8.10.